The molecule has 0 spiro atoms. The lowest BCUT2D eigenvalue weighted by Crippen LogP contribution is -2.41. The van der Waals surface area contributed by atoms with E-state index in [4.69, 9.17) is 5.73 Å². The van der Waals surface area contributed by atoms with Gasteiger partial charge in [0.15, 0.2) is 0 Å². The Morgan fingerprint density at radius 2 is 1.94 bits per heavy atom. The number of hydrogen-bond donors (Lipinski definition) is 1. The molecule has 1 heteroatoms. The lowest BCUT2D eigenvalue weighted by molar-refractivity contribution is 0.253. The SMILES string of the molecule is CCC(CC)c1cccc(C2(CN)CCC2)c1. The van der Waals surface area contributed by atoms with Gasteiger partial charge in [0.2, 0.25) is 0 Å². The average Bonchev–Trinajstić information content (AvgIpc) is 2.31. The first-order valence-corrected chi connectivity index (χ1v) is 7.06. The highest BCUT2D eigenvalue weighted by Gasteiger charge is 2.37. The van der Waals surface area contributed by atoms with Gasteiger partial charge in [-0.15, -0.1) is 0 Å². The molecule has 0 unspecified atom stereocenters. The lowest BCUT2D eigenvalue weighted by atomic mass is 9.64. The van der Waals surface area contributed by atoms with Crippen LogP contribution in [0.2, 0.25) is 0 Å². The zero-order valence-electron chi connectivity index (χ0n) is 11.2. The molecule has 0 saturated heterocycles. The van der Waals surface area contributed by atoms with E-state index in [2.05, 4.69) is 38.1 Å². The Labute approximate surface area is 105 Å². The minimum atomic E-state index is 0.308. The van der Waals surface area contributed by atoms with E-state index in [1.54, 1.807) is 0 Å². The third-order valence-corrected chi connectivity index (χ3v) is 4.66. The normalized spacial score (nSPS) is 18.1. The Morgan fingerprint density at radius 3 is 2.41 bits per heavy atom. The van der Waals surface area contributed by atoms with E-state index in [0.29, 0.717) is 11.3 Å². The first-order valence-electron chi connectivity index (χ1n) is 7.06. The van der Waals surface area contributed by atoms with Crippen LogP contribution in [0.5, 0.6) is 0 Å². The van der Waals surface area contributed by atoms with Gasteiger partial charge in [-0.1, -0.05) is 44.5 Å². The van der Waals surface area contributed by atoms with Gasteiger partial charge in [0.25, 0.3) is 0 Å². The van der Waals surface area contributed by atoms with Gasteiger partial charge in [-0.25, -0.2) is 0 Å². The Balaban J connectivity index is 2.27. The van der Waals surface area contributed by atoms with E-state index in [0.717, 1.165) is 6.54 Å². The van der Waals surface area contributed by atoms with E-state index in [9.17, 15) is 0 Å². The highest BCUT2D eigenvalue weighted by atomic mass is 14.6. The summed E-state index contributed by atoms with van der Waals surface area (Å²) in [7, 11) is 0. The molecule has 17 heavy (non-hydrogen) atoms. The van der Waals surface area contributed by atoms with Gasteiger partial charge in [-0.3, -0.25) is 0 Å². The van der Waals surface area contributed by atoms with E-state index in [-0.39, 0.29) is 0 Å². The summed E-state index contributed by atoms with van der Waals surface area (Å²) in [5.41, 5.74) is 9.29. The molecule has 0 atom stereocenters. The summed E-state index contributed by atoms with van der Waals surface area (Å²) in [4.78, 5) is 0. The minimum Gasteiger partial charge on any atom is -0.330 e. The molecule has 0 aromatic heterocycles. The summed E-state index contributed by atoms with van der Waals surface area (Å²) >= 11 is 0. The summed E-state index contributed by atoms with van der Waals surface area (Å²) < 4.78 is 0. The summed E-state index contributed by atoms with van der Waals surface area (Å²) in [6.45, 7) is 5.37. The van der Waals surface area contributed by atoms with Crippen molar-refractivity contribution in [3.8, 4) is 0 Å². The minimum absolute atomic E-state index is 0.308. The molecule has 94 valence electrons. The van der Waals surface area contributed by atoms with Gasteiger partial charge >= 0.3 is 0 Å². The molecular formula is C16H25N. The quantitative estimate of drug-likeness (QED) is 0.815. The maximum absolute atomic E-state index is 5.99. The summed E-state index contributed by atoms with van der Waals surface area (Å²) in [6, 6.07) is 9.20. The Morgan fingerprint density at radius 1 is 1.24 bits per heavy atom. The maximum Gasteiger partial charge on any atom is 0.00756 e. The van der Waals surface area contributed by atoms with Crippen LogP contribution in [-0.4, -0.2) is 6.54 Å². The molecule has 1 aromatic carbocycles. The van der Waals surface area contributed by atoms with Crippen molar-refractivity contribution < 1.29 is 0 Å². The average molecular weight is 231 g/mol. The second kappa shape index (κ2) is 5.22. The molecule has 0 heterocycles. The van der Waals surface area contributed by atoms with Crippen LogP contribution in [0.25, 0.3) is 0 Å². The van der Waals surface area contributed by atoms with Crippen LogP contribution in [0.15, 0.2) is 24.3 Å². The number of nitrogens with two attached hydrogens (primary N) is 1. The fourth-order valence-electron chi connectivity index (χ4n) is 3.10. The predicted molar refractivity (Wildman–Crippen MR) is 74.3 cm³/mol. The van der Waals surface area contributed by atoms with Crippen molar-refractivity contribution in [1.29, 1.82) is 0 Å². The molecule has 0 radical (unpaired) electrons. The second-order valence-electron chi connectivity index (χ2n) is 5.48. The third kappa shape index (κ3) is 2.26. The Hall–Kier alpha value is -0.820. The zero-order valence-corrected chi connectivity index (χ0v) is 11.2. The lowest BCUT2D eigenvalue weighted by Gasteiger charge is -2.42. The molecule has 1 fully saturated rings. The highest BCUT2D eigenvalue weighted by molar-refractivity contribution is 5.34. The van der Waals surface area contributed by atoms with Crippen LogP contribution in [0, 0.1) is 0 Å². The van der Waals surface area contributed by atoms with Crippen LogP contribution in [0.3, 0.4) is 0 Å². The largest absolute Gasteiger partial charge is 0.330 e. The Bertz CT molecular complexity index is 356. The second-order valence-corrected chi connectivity index (χ2v) is 5.48. The van der Waals surface area contributed by atoms with Crippen molar-refractivity contribution in [2.24, 2.45) is 5.73 Å². The predicted octanol–water partition coefficient (Wildman–Crippen LogP) is 3.97. The molecule has 1 nitrogen and oxygen atoms in total. The highest BCUT2D eigenvalue weighted by Crippen LogP contribution is 2.43. The van der Waals surface area contributed by atoms with Gasteiger partial charge in [-0.05, 0) is 42.7 Å². The summed E-state index contributed by atoms with van der Waals surface area (Å²) in [5, 5.41) is 0. The zero-order chi connectivity index (χ0) is 12.3. The van der Waals surface area contributed by atoms with Crippen molar-refractivity contribution in [3.63, 3.8) is 0 Å². The van der Waals surface area contributed by atoms with E-state index < -0.39 is 0 Å². The summed E-state index contributed by atoms with van der Waals surface area (Å²) in [6.07, 6.45) is 6.35. The number of rotatable bonds is 5. The molecule has 1 aliphatic rings. The fraction of sp³-hybridized carbons (Fsp3) is 0.625. The molecule has 2 rings (SSSR count). The number of benzene rings is 1. The van der Waals surface area contributed by atoms with Crippen molar-refractivity contribution in [3.05, 3.63) is 35.4 Å². The maximum atomic E-state index is 5.99. The van der Waals surface area contributed by atoms with Gasteiger partial charge in [-0.2, -0.15) is 0 Å². The van der Waals surface area contributed by atoms with Gasteiger partial charge in [0.05, 0.1) is 0 Å². The molecule has 1 aliphatic carbocycles. The van der Waals surface area contributed by atoms with Crippen molar-refractivity contribution in [2.45, 2.75) is 57.3 Å². The molecular weight excluding hydrogens is 206 g/mol. The third-order valence-electron chi connectivity index (χ3n) is 4.66. The molecule has 0 amide bonds. The molecule has 2 N–H and O–H groups in total. The van der Waals surface area contributed by atoms with Crippen LogP contribution in [-0.2, 0) is 5.41 Å². The molecule has 1 aromatic rings. The van der Waals surface area contributed by atoms with Crippen molar-refractivity contribution in [2.75, 3.05) is 6.54 Å². The molecule has 1 saturated carbocycles. The Kier molecular flexibility index (Phi) is 3.88. The van der Waals surface area contributed by atoms with Crippen LogP contribution >= 0.6 is 0 Å². The van der Waals surface area contributed by atoms with E-state index >= 15 is 0 Å². The van der Waals surface area contributed by atoms with Crippen LogP contribution in [0.1, 0.15) is 63.0 Å². The first kappa shape index (κ1) is 12.6. The van der Waals surface area contributed by atoms with Crippen molar-refractivity contribution in [1.82, 2.24) is 0 Å². The van der Waals surface area contributed by atoms with Gasteiger partial charge in [0.1, 0.15) is 0 Å². The van der Waals surface area contributed by atoms with E-state index in [1.165, 1.54) is 43.2 Å². The smallest absolute Gasteiger partial charge is 0.00756 e. The molecule has 0 aliphatic heterocycles. The standard InChI is InChI=1S/C16H25N/c1-3-13(4-2)14-7-5-8-15(11-14)16(12-17)9-6-10-16/h5,7-8,11,13H,3-4,6,9-10,12,17H2,1-2H3. The van der Waals surface area contributed by atoms with Crippen LogP contribution in [0.4, 0.5) is 0 Å². The number of hydrogen-bond acceptors (Lipinski definition) is 1. The fourth-order valence-corrected chi connectivity index (χ4v) is 3.10. The first-order chi connectivity index (χ1) is 8.25. The topological polar surface area (TPSA) is 26.0 Å². The van der Waals surface area contributed by atoms with Crippen LogP contribution < -0.4 is 5.73 Å². The van der Waals surface area contributed by atoms with Gasteiger partial charge < -0.3 is 5.73 Å². The summed E-state index contributed by atoms with van der Waals surface area (Å²) in [5.74, 6) is 0.713. The molecule has 0 bridgehead atoms. The van der Waals surface area contributed by atoms with Crippen molar-refractivity contribution >= 4 is 0 Å². The van der Waals surface area contributed by atoms with E-state index in [1.807, 2.05) is 0 Å². The monoisotopic (exact) mass is 231 g/mol. The van der Waals surface area contributed by atoms with Gasteiger partial charge in [0, 0.05) is 12.0 Å².